The largest absolute Gasteiger partial charge is 0.372 e. The number of halogens is 1. The summed E-state index contributed by atoms with van der Waals surface area (Å²) >= 11 is 0. The number of rotatable bonds is 10. The van der Waals surface area contributed by atoms with E-state index in [4.69, 9.17) is 0 Å². The van der Waals surface area contributed by atoms with Crippen LogP contribution in [0.1, 0.15) is 23.7 Å². The van der Waals surface area contributed by atoms with E-state index in [1.54, 1.807) is 19.2 Å². The molecule has 158 valence electrons. The fourth-order valence-corrected chi connectivity index (χ4v) is 2.85. The lowest BCUT2D eigenvalue weighted by atomic mass is 10.2. The second-order valence-electron chi connectivity index (χ2n) is 6.32. The van der Waals surface area contributed by atoms with Crippen LogP contribution in [0.5, 0.6) is 0 Å². The van der Waals surface area contributed by atoms with Crippen LogP contribution in [0.25, 0.3) is 0 Å². The van der Waals surface area contributed by atoms with Gasteiger partial charge < -0.3 is 20.9 Å². The average Bonchev–Trinajstić information content (AvgIpc) is 2.76. The third-order valence-electron chi connectivity index (χ3n) is 4.36. The molecule has 0 unspecified atom stereocenters. The monoisotopic (exact) mass is 509 g/mol. The van der Waals surface area contributed by atoms with Crippen molar-refractivity contribution in [2.75, 3.05) is 44.7 Å². The van der Waals surface area contributed by atoms with Crippen molar-refractivity contribution in [3.8, 4) is 0 Å². The molecule has 0 atom stereocenters. The first-order chi connectivity index (χ1) is 13.7. The Kier molecular flexibility index (Phi) is 12.5. The van der Waals surface area contributed by atoms with Gasteiger partial charge in [-0.15, -0.1) is 24.0 Å². The molecule has 0 aliphatic rings. The molecule has 2 aromatic rings. The number of carbonyl (C=O) groups is 1. The van der Waals surface area contributed by atoms with E-state index >= 15 is 0 Å². The molecule has 2 rings (SSSR count). The lowest BCUT2D eigenvalue weighted by molar-refractivity contribution is 0.0954. The van der Waals surface area contributed by atoms with Crippen LogP contribution in [0.3, 0.4) is 0 Å². The molecule has 0 aliphatic heterocycles. The molecule has 0 heterocycles. The number of hydrogen-bond donors (Lipinski definition) is 3. The fraction of sp³-hybridized carbons (Fsp3) is 0.364. The SMILES string of the molecule is CCN(CCCNC(=NC)NCCNC(=O)c1ccccc1)c1ccccc1.I. The van der Waals surface area contributed by atoms with Crippen LogP contribution in [0.4, 0.5) is 5.69 Å². The van der Waals surface area contributed by atoms with Crippen LogP contribution in [-0.2, 0) is 0 Å². The lowest BCUT2D eigenvalue weighted by Gasteiger charge is -2.23. The summed E-state index contributed by atoms with van der Waals surface area (Å²) in [6.45, 7) is 6.12. The highest BCUT2D eigenvalue weighted by molar-refractivity contribution is 14.0. The van der Waals surface area contributed by atoms with Crippen LogP contribution in [0.15, 0.2) is 65.7 Å². The third kappa shape index (κ3) is 9.17. The van der Waals surface area contributed by atoms with Gasteiger partial charge in [0, 0.05) is 51.0 Å². The topological polar surface area (TPSA) is 68.8 Å². The molecule has 0 saturated carbocycles. The average molecular weight is 509 g/mol. The van der Waals surface area contributed by atoms with Crippen molar-refractivity contribution in [2.45, 2.75) is 13.3 Å². The lowest BCUT2D eigenvalue weighted by Crippen LogP contribution is -2.42. The highest BCUT2D eigenvalue weighted by atomic mass is 127. The van der Waals surface area contributed by atoms with Crippen molar-refractivity contribution in [3.05, 3.63) is 66.2 Å². The van der Waals surface area contributed by atoms with Gasteiger partial charge in [0.2, 0.25) is 0 Å². The number of benzene rings is 2. The van der Waals surface area contributed by atoms with Gasteiger partial charge in [-0.25, -0.2) is 0 Å². The van der Waals surface area contributed by atoms with E-state index < -0.39 is 0 Å². The van der Waals surface area contributed by atoms with E-state index in [1.165, 1.54) is 5.69 Å². The Labute approximate surface area is 191 Å². The van der Waals surface area contributed by atoms with Crippen molar-refractivity contribution in [1.29, 1.82) is 0 Å². The van der Waals surface area contributed by atoms with Crippen molar-refractivity contribution in [3.63, 3.8) is 0 Å². The van der Waals surface area contributed by atoms with Gasteiger partial charge in [0.25, 0.3) is 5.91 Å². The molecule has 0 spiro atoms. The molecule has 29 heavy (non-hydrogen) atoms. The third-order valence-corrected chi connectivity index (χ3v) is 4.36. The van der Waals surface area contributed by atoms with Gasteiger partial charge in [0.15, 0.2) is 5.96 Å². The number of para-hydroxylation sites is 1. The van der Waals surface area contributed by atoms with Crippen molar-refractivity contribution in [1.82, 2.24) is 16.0 Å². The van der Waals surface area contributed by atoms with Crippen molar-refractivity contribution >= 4 is 41.5 Å². The summed E-state index contributed by atoms with van der Waals surface area (Å²) in [5.74, 6) is 0.683. The molecule has 0 saturated heterocycles. The number of amides is 1. The van der Waals surface area contributed by atoms with E-state index in [9.17, 15) is 4.79 Å². The summed E-state index contributed by atoms with van der Waals surface area (Å²) in [4.78, 5) is 18.6. The molecule has 0 aliphatic carbocycles. The maximum atomic E-state index is 12.0. The van der Waals surface area contributed by atoms with E-state index in [-0.39, 0.29) is 29.9 Å². The Hall–Kier alpha value is -2.29. The van der Waals surface area contributed by atoms with Gasteiger partial charge in [-0.2, -0.15) is 0 Å². The normalized spacial score (nSPS) is 10.6. The molecular weight excluding hydrogens is 477 g/mol. The van der Waals surface area contributed by atoms with Crippen LogP contribution in [0.2, 0.25) is 0 Å². The number of nitrogens with zero attached hydrogens (tertiary/aromatic N) is 2. The number of guanidine groups is 1. The van der Waals surface area contributed by atoms with Gasteiger partial charge >= 0.3 is 0 Å². The summed E-state index contributed by atoms with van der Waals surface area (Å²) in [6.07, 6.45) is 1.01. The second-order valence-corrected chi connectivity index (χ2v) is 6.32. The zero-order chi connectivity index (χ0) is 20.0. The Bertz CT molecular complexity index is 724. The van der Waals surface area contributed by atoms with Crippen LogP contribution in [0, 0.1) is 0 Å². The Morgan fingerprint density at radius 3 is 2.10 bits per heavy atom. The molecule has 2 aromatic carbocycles. The van der Waals surface area contributed by atoms with Gasteiger partial charge in [-0.3, -0.25) is 9.79 Å². The maximum absolute atomic E-state index is 12.0. The summed E-state index contributed by atoms with van der Waals surface area (Å²) < 4.78 is 0. The molecule has 1 amide bonds. The summed E-state index contributed by atoms with van der Waals surface area (Å²) in [5, 5.41) is 9.44. The second kappa shape index (κ2) is 14.7. The predicted octanol–water partition coefficient (Wildman–Crippen LogP) is 3.12. The Balaban J connectivity index is 0.00000420. The minimum atomic E-state index is -0.0640. The number of anilines is 1. The highest BCUT2D eigenvalue weighted by Crippen LogP contribution is 2.12. The fourth-order valence-electron chi connectivity index (χ4n) is 2.85. The zero-order valence-electron chi connectivity index (χ0n) is 17.2. The number of nitrogens with one attached hydrogen (secondary N) is 3. The molecule has 0 bridgehead atoms. The molecule has 6 nitrogen and oxygen atoms in total. The standard InChI is InChI=1S/C22H31N5O.HI/c1-3-27(20-13-8-5-9-14-20)18-10-15-25-22(23-2)26-17-16-24-21(28)19-11-6-4-7-12-19;/h4-9,11-14H,3,10,15-18H2,1-2H3,(H,24,28)(H2,23,25,26);1H. The van der Waals surface area contributed by atoms with Crippen LogP contribution in [-0.4, -0.2) is 51.6 Å². The molecule has 0 radical (unpaired) electrons. The minimum Gasteiger partial charge on any atom is -0.372 e. The van der Waals surface area contributed by atoms with Gasteiger partial charge in [0.1, 0.15) is 0 Å². The number of carbonyl (C=O) groups excluding carboxylic acids is 1. The summed E-state index contributed by atoms with van der Waals surface area (Å²) in [6, 6.07) is 19.7. The Morgan fingerprint density at radius 1 is 0.897 bits per heavy atom. The van der Waals surface area contributed by atoms with E-state index in [0.717, 1.165) is 32.0 Å². The smallest absolute Gasteiger partial charge is 0.251 e. The van der Waals surface area contributed by atoms with Crippen LogP contribution < -0.4 is 20.9 Å². The first-order valence-corrected chi connectivity index (χ1v) is 9.82. The molecule has 0 fully saturated rings. The zero-order valence-corrected chi connectivity index (χ0v) is 19.6. The van der Waals surface area contributed by atoms with E-state index in [0.29, 0.717) is 18.7 Å². The quantitative estimate of drug-likeness (QED) is 0.199. The van der Waals surface area contributed by atoms with Gasteiger partial charge in [-0.05, 0) is 37.6 Å². The molecular formula is C22H32IN5O. The first kappa shape index (κ1) is 24.7. The summed E-state index contributed by atoms with van der Waals surface area (Å²) in [7, 11) is 1.75. The van der Waals surface area contributed by atoms with Gasteiger partial charge in [-0.1, -0.05) is 36.4 Å². The Morgan fingerprint density at radius 2 is 1.48 bits per heavy atom. The maximum Gasteiger partial charge on any atom is 0.251 e. The summed E-state index contributed by atoms with van der Waals surface area (Å²) in [5.41, 5.74) is 1.92. The molecule has 0 aromatic heterocycles. The van der Waals surface area contributed by atoms with E-state index in [1.807, 2.05) is 24.3 Å². The molecule has 7 heteroatoms. The molecule has 3 N–H and O–H groups in total. The minimum absolute atomic E-state index is 0. The van der Waals surface area contributed by atoms with Crippen molar-refractivity contribution in [2.24, 2.45) is 4.99 Å². The van der Waals surface area contributed by atoms with Crippen molar-refractivity contribution < 1.29 is 4.79 Å². The van der Waals surface area contributed by atoms with Gasteiger partial charge in [0.05, 0.1) is 0 Å². The number of hydrogen-bond acceptors (Lipinski definition) is 3. The van der Waals surface area contributed by atoms with E-state index in [2.05, 4.69) is 57.0 Å². The first-order valence-electron chi connectivity index (χ1n) is 9.82. The predicted molar refractivity (Wildman–Crippen MR) is 133 cm³/mol. The number of aliphatic imine (C=N–C) groups is 1. The highest BCUT2D eigenvalue weighted by Gasteiger charge is 2.05. The van der Waals surface area contributed by atoms with Crippen LogP contribution >= 0.6 is 24.0 Å².